The fourth-order valence-corrected chi connectivity index (χ4v) is 7.85. The molecule has 0 atom stereocenters. The van der Waals surface area contributed by atoms with Crippen LogP contribution in [0.1, 0.15) is 93.3 Å². The number of carbonyl (C=O) groups excluding carboxylic acids is 2. The van der Waals surface area contributed by atoms with Gasteiger partial charge in [0.1, 0.15) is 4.92 Å². The van der Waals surface area contributed by atoms with Gasteiger partial charge in [0.05, 0.1) is 30.5 Å². The summed E-state index contributed by atoms with van der Waals surface area (Å²) < 4.78 is 5.57. The van der Waals surface area contributed by atoms with Crippen molar-refractivity contribution in [3.8, 4) is 27.6 Å². The van der Waals surface area contributed by atoms with Gasteiger partial charge in [0.2, 0.25) is 0 Å². The number of fused-ring (bicyclic) bond motifs is 3. The first-order valence-electron chi connectivity index (χ1n) is 16.1. The molecule has 10 nitrogen and oxygen atoms in total. The molecule has 2 aromatic carbocycles. The molecule has 1 aromatic heterocycles. The van der Waals surface area contributed by atoms with E-state index in [1.165, 1.54) is 5.56 Å². The second-order valence-electron chi connectivity index (χ2n) is 12.5. The smallest absolute Gasteiger partial charge is 0.379 e. The van der Waals surface area contributed by atoms with Gasteiger partial charge in [0.15, 0.2) is 5.78 Å². The predicted octanol–water partition coefficient (Wildman–Crippen LogP) is 8.00. The van der Waals surface area contributed by atoms with Crippen LogP contribution in [0.3, 0.4) is 0 Å². The Balaban J connectivity index is 1.69. The Morgan fingerprint density at radius 2 is 1.79 bits per heavy atom. The summed E-state index contributed by atoms with van der Waals surface area (Å²) in [6.45, 7) is 10.9. The van der Waals surface area contributed by atoms with Crippen molar-refractivity contribution in [2.24, 2.45) is 5.16 Å². The van der Waals surface area contributed by atoms with E-state index in [-0.39, 0.29) is 11.2 Å². The molecule has 1 aliphatic heterocycles. The molecule has 11 heteroatoms. The fraction of sp³-hybridized carbons (Fsp3) is 0.444. The van der Waals surface area contributed by atoms with Crippen molar-refractivity contribution >= 4 is 28.9 Å². The maximum absolute atomic E-state index is 14.4. The lowest BCUT2D eigenvalue weighted by atomic mass is 9.71. The maximum atomic E-state index is 14.4. The van der Waals surface area contributed by atoms with Gasteiger partial charge in [0.25, 0.3) is 0 Å². The molecule has 0 bridgehead atoms. The van der Waals surface area contributed by atoms with Crippen LogP contribution < -0.4 is 0 Å². The molecule has 0 saturated carbocycles. The molecule has 0 unspecified atom stereocenters. The van der Waals surface area contributed by atoms with Gasteiger partial charge in [-0.1, -0.05) is 37.2 Å². The number of benzene rings is 2. The minimum absolute atomic E-state index is 0.0367. The Morgan fingerprint density at radius 1 is 1.09 bits per heavy atom. The number of ether oxygens (including phenoxy) is 1. The summed E-state index contributed by atoms with van der Waals surface area (Å²) in [4.78, 5) is 43.9. The lowest BCUT2D eigenvalue weighted by Crippen LogP contribution is -2.54. The first-order chi connectivity index (χ1) is 22.6. The van der Waals surface area contributed by atoms with Crippen LogP contribution in [0, 0.1) is 21.4 Å². The predicted molar refractivity (Wildman–Crippen MR) is 181 cm³/mol. The van der Waals surface area contributed by atoms with Crippen LogP contribution in [0.15, 0.2) is 53.0 Å². The lowest BCUT2D eigenvalue weighted by Gasteiger charge is -2.39. The number of hydrogen-bond donors (Lipinski definition) is 0. The van der Waals surface area contributed by atoms with Crippen LogP contribution in [0.4, 0.5) is 4.79 Å². The zero-order valence-corrected chi connectivity index (χ0v) is 28.2. The van der Waals surface area contributed by atoms with Crippen molar-refractivity contribution in [2.45, 2.75) is 77.2 Å². The number of oxime groups is 1. The molecule has 1 saturated heterocycles. The van der Waals surface area contributed by atoms with Crippen molar-refractivity contribution in [2.75, 3.05) is 26.3 Å². The zero-order chi connectivity index (χ0) is 33.8. The number of ketones is 1. The van der Waals surface area contributed by atoms with Gasteiger partial charge in [0, 0.05) is 35.4 Å². The second kappa shape index (κ2) is 14.3. The monoisotopic (exact) mass is 656 g/mol. The molecule has 2 aliphatic rings. The summed E-state index contributed by atoms with van der Waals surface area (Å²) in [5, 5.41) is 25.9. The van der Waals surface area contributed by atoms with Gasteiger partial charge >= 0.3 is 6.09 Å². The van der Waals surface area contributed by atoms with E-state index >= 15 is 0 Å². The Bertz CT molecular complexity index is 1730. The standard InChI is InChI=1S/C36H40N4O6S/c1-5-36(6-2)29-14-13-24(30(11-8-7-9-15-37)38-46-34(42)40(43)44)21-26(29)27-22-25(23-28(32(27)36)31-12-10-20-47-31)33(41)35(3,4)39-16-18-45-19-17-39/h10,12-14,20-23H,5-9,11,16-19H2,1-4H3/b38-30+. The topological polar surface area (TPSA) is 135 Å². The number of Topliss-reactive ketones (excluding diaryl/α,β-unsaturated/α-hetero) is 1. The third-order valence-electron chi connectivity index (χ3n) is 9.72. The largest absolute Gasteiger partial charge is 0.683 e. The molecule has 3 aromatic rings. The van der Waals surface area contributed by atoms with Crippen molar-refractivity contribution in [3.63, 3.8) is 0 Å². The van der Waals surface area contributed by atoms with Gasteiger partial charge < -0.3 is 4.74 Å². The number of amides is 1. The molecule has 246 valence electrons. The van der Waals surface area contributed by atoms with Gasteiger partial charge in [-0.25, -0.2) is 0 Å². The third kappa shape index (κ3) is 6.50. The Hall–Kier alpha value is -4.24. The van der Waals surface area contributed by atoms with Crippen molar-refractivity contribution in [1.82, 2.24) is 4.90 Å². The van der Waals surface area contributed by atoms with Crippen molar-refractivity contribution in [1.29, 1.82) is 5.26 Å². The van der Waals surface area contributed by atoms with Crippen molar-refractivity contribution < 1.29 is 24.1 Å². The van der Waals surface area contributed by atoms with E-state index in [1.54, 1.807) is 11.3 Å². The molecule has 47 heavy (non-hydrogen) atoms. The first-order valence-corrected chi connectivity index (χ1v) is 17.0. The molecule has 0 radical (unpaired) electrons. The zero-order valence-electron chi connectivity index (χ0n) is 27.3. The highest BCUT2D eigenvalue weighted by molar-refractivity contribution is 7.13. The number of thiophene rings is 1. The molecular weight excluding hydrogens is 616 g/mol. The lowest BCUT2D eigenvalue weighted by molar-refractivity contribution is -0.396. The van der Waals surface area contributed by atoms with Gasteiger partial charge in [-0.3, -0.25) is 24.6 Å². The molecule has 1 fully saturated rings. The summed E-state index contributed by atoms with van der Waals surface area (Å²) in [6.07, 6.45) is 1.92. The highest BCUT2D eigenvalue weighted by Crippen LogP contribution is 2.56. The maximum Gasteiger partial charge on any atom is 0.683 e. The summed E-state index contributed by atoms with van der Waals surface area (Å²) in [5.74, 6) is 0.0367. The number of hydrogen-bond acceptors (Lipinski definition) is 10. The van der Waals surface area contributed by atoms with Crippen LogP contribution in [-0.2, 0) is 15.0 Å². The highest BCUT2D eigenvalue weighted by atomic mass is 32.1. The van der Waals surface area contributed by atoms with Crippen molar-refractivity contribution in [3.05, 3.63) is 80.2 Å². The van der Waals surface area contributed by atoms with Gasteiger partial charge in [-0.2, -0.15) is 10.1 Å². The van der Waals surface area contributed by atoms with E-state index in [0.29, 0.717) is 68.8 Å². The number of morpholine rings is 1. The summed E-state index contributed by atoms with van der Waals surface area (Å²) in [5.41, 5.74) is 5.93. The number of carbonyl (C=O) groups is 2. The Morgan fingerprint density at radius 3 is 2.43 bits per heavy atom. The highest BCUT2D eigenvalue weighted by Gasteiger charge is 2.44. The van der Waals surface area contributed by atoms with E-state index in [0.717, 1.165) is 40.0 Å². The molecular formula is C36H40N4O6S. The van der Waals surface area contributed by atoms with Crippen LogP contribution in [0.2, 0.25) is 0 Å². The molecule has 1 aliphatic carbocycles. The summed E-state index contributed by atoms with van der Waals surface area (Å²) >= 11 is 1.65. The quantitative estimate of drug-likeness (QED) is 0.0478. The number of rotatable bonds is 12. The van der Waals surface area contributed by atoms with Gasteiger partial charge in [-0.05, 0) is 109 Å². The number of nitro groups is 1. The van der Waals surface area contributed by atoms with E-state index < -0.39 is 16.6 Å². The number of nitriles is 1. The Labute approximate surface area is 279 Å². The minimum atomic E-state index is -1.66. The average Bonchev–Trinajstić information content (AvgIpc) is 3.72. The molecule has 0 spiro atoms. The van der Waals surface area contributed by atoms with E-state index in [9.17, 15) is 19.7 Å². The average molecular weight is 657 g/mol. The molecule has 1 amide bonds. The SMILES string of the molecule is CCC1(CC)c2ccc(/C(CCCCC#N)=N/OC(=O)[N+](=O)[O-])cc2-c2cc(C(=O)C(C)(C)N3CCOCC3)cc(-c3cccs3)c21. The number of nitrogens with zero attached hydrogens (tertiary/aromatic N) is 4. The van der Waals surface area contributed by atoms with E-state index in [1.807, 2.05) is 38.1 Å². The molecule has 0 N–H and O–H groups in total. The molecule has 2 heterocycles. The van der Waals surface area contributed by atoms with Crippen LogP contribution >= 0.6 is 11.3 Å². The first kappa shape index (κ1) is 34.1. The van der Waals surface area contributed by atoms with Crippen LogP contribution in [-0.4, -0.2) is 59.3 Å². The van der Waals surface area contributed by atoms with Gasteiger partial charge in [-0.15, -0.1) is 11.3 Å². The molecule has 5 rings (SSSR count). The van der Waals surface area contributed by atoms with Crippen LogP contribution in [0.25, 0.3) is 21.6 Å². The summed E-state index contributed by atoms with van der Waals surface area (Å²) in [7, 11) is 0. The Kier molecular flexibility index (Phi) is 10.3. The normalized spacial score (nSPS) is 15.9. The third-order valence-corrected chi connectivity index (χ3v) is 10.6. The summed E-state index contributed by atoms with van der Waals surface area (Å²) in [6, 6.07) is 16.4. The fourth-order valence-electron chi connectivity index (χ4n) is 7.10. The number of unbranched alkanes of at least 4 members (excludes halogenated alkanes) is 2. The minimum Gasteiger partial charge on any atom is -0.379 e. The second-order valence-corrected chi connectivity index (χ2v) is 13.4. The van der Waals surface area contributed by atoms with E-state index in [4.69, 9.17) is 14.8 Å². The van der Waals surface area contributed by atoms with Crippen LogP contribution in [0.5, 0.6) is 0 Å². The van der Waals surface area contributed by atoms with E-state index in [2.05, 4.69) is 53.6 Å².